The number of para-hydroxylation sites is 1. The molecular formula is C12H11NOS2. The van der Waals surface area contributed by atoms with Gasteiger partial charge in [-0.2, -0.15) is 11.8 Å². The highest BCUT2D eigenvalue weighted by atomic mass is 32.2. The van der Waals surface area contributed by atoms with Gasteiger partial charge in [-0.25, -0.2) is 4.98 Å². The molecule has 1 aromatic carbocycles. The Labute approximate surface area is 102 Å². The van der Waals surface area contributed by atoms with E-state index >= 15 is 0 Å². The smallest absolute Gasteiger partial charge is 0.147 e. The molecule has 1 aliphatic heterocycles. The van der Waals surface area contributed by atoms with Gasteiger partial charge in [0.15, 0.2) is 0 Å². The molecule has 3 rings (SSSR count). The van der Waals surface area contributed by atoms with Gasteiger partial charge in [-0.05, 0) is 12.1 Å². The maximum Gasteiger partial charge on any atom is 0.147 e. The Morgan fingerprint density at radius 1 is 1.38 bits per heavy atom. The molecular weight excluding hydrogens is 238 g/mol. The second kappa shape index (κ2) is 4.18. The molecule has 0 bridgehead atoms. The molecule has 0 aliphatic carbocycles. The number of fused-ring (bicyclic) bond motifs is 1. The van der Waals surface area contributed by atoms with Gasteiger partial charge in [0.2, 0.25) is 0 Å². The van der Waals surface area contributed by atoms with Gasteiger partial charge in [-0.15, -0.1) is 11.3 Å². The predicted molar refractivity (Wildman–Crippen MR) is 69.1 cm³/mol. The van der Waals surface area contributed by atoms with Crippen LogP contribution in [0.4, 0.5) is 0 Å². The Balaban J connectivity index is 1.86. The van der Waals surface area contributed by atoms with Crippen molar-refractivity contribution in [2.24, 2.45) is 5.92 Å². The van der Waals surface area contributed by atoms with Crippen molar-refractivity contribution < 1.29 is 4.79 Å². The summed E-state index contributed by atoms with van der Waals surface area (Å²) < 4.78 is 1.22. The lowest BCUT2D eigenvalue weighted by atomic mass is 10.0. The molecule has 2 aromatic rings. The van der Waals surface area contributed by atoms with Crippen LogP contribution in [-0.2, 0) is 11.2 Å². The van der Waals surface area contributed by atoms with Gasteiger partial charge in [-0.1, -0.05) is 12.1 Å². The number of benzene rings is 1. The Morgan fingerprint density at radius 3 is 3.00 bits per heavy atom. The van der Waals surface area contributed by atoms with Crippen molar-refractivity contribution in [3.8, 4) is 0 Å². The first-order valence-electron chi connectivity index (χ1n) is 5.28. The minimum Gasteiger partial charge on any atom is -0.298 e. The summed E-state index contributed by atoms with van der Waals surface area (Å²) in [4.78, 5) is 16.1. The molecule has 1 fully saturated rings. The van der Waals surface area contributed by atoms with Gasteiger partial charge in [0.25, 0.3) is 0 Å². The predicted octanol–water partition coefficient (Wildman–Crippen LogP) is 2.77. The molecule has 0 amide bonds. The van der Waals surface area contributed by atoms with Crippen molar-refractivity contribution in [1.82, 2.24) is 4.98 Å². The summed E-state index contributed by atoms with van der Waals surface area (Å²) in [5.41, 5.74) is 1.06. The zero-order valence-electron chi connectivity index (χ0n) is 8.68. The Morgan fingerprint density at radius 2 is 2.25 bits per heavy atom. The fraction of sp³-hybridized carbons (Fsp3) is 0.333. The third-order valence-electron chi connectivity index (χ3n) is 2.78. The van der Waals surface area contributed by atoms with E-state index < -0.39 is 0 Å². The van der Waals surface area contributed by atoms with Crippen molar-refractivity contribution in [3.63, 3.8) is 0 Å². The van der Waals surface area contributed by atoms with E-state index in [0.717, 1.165) is 22.7 Å². The van der Waals surface area contributed by atoms with Crippen molar-refractivity contribution in [2.45, 2.75) is 6.42 Å². The number of ketones is 1. The van der Waals surface area contributed by atoms with Crippen molar-refractivity contribution in [1.29, 1.82) is 0 Å². The summed E-state index contributed by atoms with van der Waals surface area (Å²) in [7, 11) is 0. The number of hydrogen-bond acceptors (Lipinski definition) is 4. The molecule has 0 N–H and O–H groups in total. The minimum atomic E-state index is 0.200. The van der Waals surface area contributed by atoms with Gasteiger partial charge >= 0.3 is 0 Å². The number of thiazole rings is 1. The van der Waals surface area contributed by atoms with E-state index in [-0.39, 0.29) is 5.92 Å². The molecule has 2 heterocycles. The fourth-order valence-corrected chi connectivity index (χ4v) is 4.09. The molecule has 2 nitrogen and oxygen atoms in total. The van der Waals surface area contributed by atoms with Crippen LogP contribution in [0.15, 0.2) is 24.3 Å². The van der Waals surface area contributed by atoms with Crippen molar-refractivity contribution in [2.75, 3.05) is 11.5 Å². The average Bonchev–Trinajstić information content (AvgIpc) is 2.85. The van der Waals surface area contributed by atoms with E-state index in [1.807, 2.05) is 18.2 Å². The highest BCUT2D eigenvalue weighted by Gasteiger charge is 2.26. The lowest BCUT2D eigenvalue weighted by molar-refractivity contribution is -0.119. The molecule has 16 heavy (non-hydrogen) atoms. The summed E-state index contributed by atoms with van der Waals surface area (Å²) in [5, 5.41) is 1.10. The fourth-order valence-electron chi connectivity index (χ4n) is 1.90. The third-order valence-corrected chi connectivity index (χ3v) is 4.96. The number of carbonyl (C=O) groups is 1. The minimum absolute atomic E-state index is 0.200. The van der Waals surface area contributed by atoms with E-state index in [2.05, 4.69) is 11.1 Å². The van der Waals surface area contributed by atoms with E-state index in [0.29, 0.717) is 11.5 Å². The first-order chi connectivity index (χ1) is 7.83. The molecule has 0 saturated carbocycles. The van der Waals surface area contributed by atoms with E-state index in [1.165, 1.54) is 4.70 Å². The molecule has 0 spiro atoms. The van der Waals surface area contributed by atoms with Crippen LogP contribution in [-0.4, -0.2) is 22.3 Å². The number of nitrogens with zero attached hydrogens (tertiary/aromatic N) is 1. The van der Waals surface area contributed by atoms with Crippen molar-refractivity contribution in [3.05, 3.63) is 29.3 Å². The summed E-state index contributed by atoms with van der Waals surface area (Å²) in [6.07, 6.45) is 0.825. The summed E-state index contributed by atoms with van der Waals surface area (Å²) in [5.74, 6) is 2.25. The zero-order valence-corrected chi connectivity index (χ0v) is 10.3. The van der Waals surface area contributed by atoms with Crippen LogP contribution >= 0.6 is 23.1 Å². The average molecular weight is 249 g/mol. The van der Waals surface area contributed by atoms with Crippen LogP contribution in [0.5, 0.6) is 0 Å². The summed E-state index contributed by atoms with van der Waals surface area (Å²) >= 11 is 3.46. The molecule has 0 radical (unpaired) electrons. The van der Waals surface area contributed by atoms with Gasteiger partial charge < -0.3 is 0 Å². The summed E-state index contributed by atoms with van der Waals surface area (Å²) in [6.45, 7) is 0. The number of rotatable bonds is 2. The molecule has 1 saturated heterocycles. The number of Topliss-reactive ketones (excluding diaryl/α,β-unsaturated/α-hetero) is 1. The first-order valence-corrected chi connectivity index (χ1v) is 7.25. The maximum absolute atomic E-state index is 11.5. The Kier molecular flexibility index (Phi) is 2.69. The van der Waals surface area contributed by atoms with Gasteiger partial charge in [0.05, 0.1) is 21.0 Å². The van der Waals surface area contributed by atoms with Crippen LogP contribution in [0.25, 0.3) is 10.2 Å². The van der Waals surface area contributed by atoms with Crippen LogP contribution in [0.1, 0.15) is 5.01 Å². The van der Waals surface area contributed by atoms with Crippen LogP contribution in [0.3, 0.4) is 0 Å². The second-order valence-electron chi connectivity index (χ2n) is 3.96. The third kappa shape index (κ3) is 1.87. The van der Waals surface area contributed by atoms with Gasteiger partial charge in [0.1, 0.15) is 5.78 Å². The lowest BCUT2D eigenvalue weighted by Crippen LogP contribution is -2.13. The van der Waals surface area contributed by atoms with Gasteiger partial charge in [0, 0.05) is 18.1 Å². The van der Waals surface area contributed by atoms with Crippen molar-refractivity contribution >= 4 is 39.1 Å². The molecule has 1 aromatic heterocycles. The van der Waals surface area contributed by atoms with Crippen LogP contribution < -0.4 is 0 Å². The van der Waals surface area contributed by atoms with E-state index in [4.69, 9.17) is 0 Å². The monoisotopic (exact) mass is 249 g/mol. The Bertz CT molecular complexity index is 502. The molecule has 1 atom stereocenters. The number of thioether (sulfide) groups is 1. The quantitative estimate of drug-likeness (QED) is 0.819. The first kappa shape index (κ1) is 10.3. The highest BCUT2D eigenvalue weighted by Crippen LogP contribution is 2.28. The van der Waals surface area contributed by atoms with E-state index in [1.54, 1.807) is 23.1 Å². The number of hydrogen-bond donors (Lipinski definition) is 0. The normalized spacial score (nSPS) is 20.8. The van der Waals surface area contributed by atoms with Crippen LogP contribution in [0.2, 0.25) is 0 Å². The molecule has 82 valence electrons. The summed E-state index contributed by atoms with van der Waals surface area (Å²) in [6, 6.07) is 8.14. The lowest BCUT2D eigenvalue weighted by Gasteiger charge is -2.02. The highest BCUT2D eigenvalue weighted by molar-refractivity contribution is 8.00. The standard InChI is InChI=1S/C12H11NOS2/c14-10-7-15-6-8(10)5-12-13-9-3-1-2-4-11(9)16-12/h1-4,8H,5-7H2. The van der Waals surface area contributed by atoms with Crippen LogP contribution in [0, 0.1) is 5.92 Å². The largest absolute Gasteiger partial charge is 0.298 e. The Hall–Kier alpha value is -0.870. The molecule has 1 aliphatic rings. The maximum atomic E-state index is 11.5. The number of carbonyl (C=O) groups excluding carboxylic acids is 1. The second-order valence-corrected chi connectivity index (χ2v) is 6.10. The topological polar surface area (TPSA) is 30.0 Å². The zero-order chi connectivity index (χ0) is 11.0. The number of aromatic nitrogens is 1. The van der Waals surface area contributed by atoms with Gasteiger partial charge in [-0.3, -0.25) is 4.79 Å². The molecule has 4 heteroatoms. The SMILES string of the molecule is O=C1CSCC1Cc1nc2ccccc2s1. The molecule has 1 unspecified atom stereocenters. The van der Waals surface area contributed by atoms with E-state index in [9.17, 15) is 4.79 Å².